The SMILES string of the molecule is O=C(O)[C@H]1CCCN1c1cnn(-c2ccc(Cl)cc2)c(=O)c1Cl. The molecule has 1 aromatic heterocycles. The summed E-state index contributed by atoms with van der Waals surface area (Å²) in [5.41, 5.74) is 0.387. The predicted octanol–water partition coefficient (Wildman–Crippen LogP) is 2.59. The molecule has 0 unspecified atom stereocenters. The highest BCUT2D eigenvalue weighted by atomic mass is 35.5. The van der Waals surface area contributed by atoms with E-state index in [2.05, 4.69) is 5.10 Å². The number of aliphatic carboxylic acids is 1. The Hall–Kier alpha value is -2.05. The van der Waals surface area contributed by atoms with Crippen molar-refractivity contribution in [1.82, 2.24) is 9.78 Å². The highest BCUT2D eigenvalue weighted by Crippen LogP contribution is 2.29. The fourth-order valence-electron chi connectivity index (χ4n) is 2.70. The van der Waals surface area contributed by atoms with Crippen molar-refractivity contribution in [2.75, 3.05) is 11.4 Å². The van der Waals surface area contributed by atoms with Gasteiger partial charge in [0.05, 0.1) is 17.6 Å². The van der Waals surface area contributed by atoms with E-state index in [1.165, 1.54) is 6.20 Å². The van der Waals surface area contributed by atoms with Crippen molar-refractivity contribution in [3.05, 3.63) is 50.9 Å². The molecule has 2 aromatic rings. The molecule has 0 saturated carbocycles. The molecule has 1 N–H and O–H groups in total. The molecular weight excluding hydrogens is 341 g/mol. The van der Waals surface area contributed by atoms with E-state index in [1.807, 2.05) is 0 Å². The zero-order valence-corrected chi connectivity index (χ0v) is 13.5. The lowest BCUT2D eigenvalue weighted by atomic mass is 10.2. The lowest BCUT2D eigenvalue weighted by Crippen LogP contribution is -2.37. The third-order valence-corrected chi connectivity index (χ3v) is 4.43. The van der Waals surface area contributed by atoms with Crippen molar-refractivity contribution < 1.29 is 9.90 Å². The first-order valence-corrected chi connectivity index (χ1v) is 7.78. The van der Waals surface area contributed by atoms with E-state index in [1.54, 1.807) is 29.2 Å². The fraction of sp³-hybridized carbons (Fsp3) is 0.267. The summed E-state index contributed by atoms with van der Waals surface area (Å²) in [6, 6.07) is 5.92. The van der Waals surface area contributed by atoms with Gasteiger partial charge in [0, 0.05) is 11.6 Å². The molecule has 8 heteroatoms. The Bertz CT molecular complexity index is 805. The Morgan fingerprint density at radius 2 is 1.96 bits per heavy atom. The summed E-state index contributed by atoms with van der Waals surface area (Å²) < 4.78 is 1.16. The first-order chi connectivity index (χ1) is 11.0. The van der Waals surface area contributed by atoms with Crippen LogP contribution in [0.5, 0.6) is 0 Å². The maximum atomic E-state index is 12.5. The average molecular weight is 354 g/mol. The van der Waals surface area contributed by atoms with E-state index in [0.717, 1.165) is 11.1 Å². The molecule has 0 spiro atoms. The monoisotopic (exact) mass is 353 g/mol. The minimum absolute atomic E-state index is 0.0388. The molecule has 1 aliphatic rings. The number of hydrogen-bond donors (Lipinski definition) is 1. The van der Waals surface area contributed by atoms with Crippen LogP contribution in [-0.2, 0) is 4.79 Å². The third kappa shape index (κ3) is 2.92. The number of benzene rings is 1. The van der Waals surface area contributed by atoms with E-state index < -0.39 is 17.6 Å². The summed E-state index contributed by atoms with van der Waals surface area (Å²) in [7, 11) is 0. The van der Waals surface area contributed by atoms with Crippen LogP contribution in [0.1, 0.15) is 12.8 Å². The lowest BCUT2D eigenvalue weighted by molar-refractivity contribution is -0.138. The molecule has 2 heterocycles. The molecule has 0 bridgehead atoms. The van der Waals surface area contributed by atoms with E-state index >= 15 is 0 Å². The standard InChI is InChI=1S/C15H13Cl2N3O3/c16-9-3-5-10(6-4-9)20-14(21)13(17)12(8-18-20)19-7-1-2-11(19)15(22)23/h3-6,8,11H,1-2,7H2,(H,22,23)/t11-/m1/s1. The summed E-state index contributed by atoms with van der Waals surface area (Å²) in [4.78, 5) is 25.4. The number of aromatic nitrogens is 2. The number of carboxylic acid groups (broad SMARTS) is 1. The number of nitrogens with zero attached hydrogens (tertiary/aromatic N) is 3. The fourth-order valence-corrected chi connectivity index (χ4v) is 3.07. The Labute approximate surface area is 141 Å². The van der Waals surface area contributed by atoms with Gasteiger partial charge >= 0.3 is 5.97 Å². The van der Waals surface area contributed by atoms with Gasteiger partial charge < -0.3 is 10.0 Å². The molecule has 1 aliphatic heterocycles. The minimum Gasteiger partial charge on any atom is -0.480 e. The molecular formula is C15H13Cl2N3O3. The predicted molar refractivity (Wildman–Crippen MR) is 87.9 cm³/mol. The number of carbonyl (C=O) groups is 1. The quantitative estimate of drug-likeness (QED) is 0.917. The van der Waals surface area contributed by atoms with Gasteiger partial charge in [-0.15, -0.1) is 0 Å². The van der Waals surface area contributed by atoms with E-state index in [4.69, 9.17) is 23.2 Å². The van der Waals surface area contributed by atoms with Crippen LogP contribution in [-0.4, -0.2) is 33.4 Å². The van der Waals surface area contributed by atoms with Gasteiger partial charge in [-0.2, -0.15) is 9.78 Å². The van der Waals surface area contributed by atoms with Crippen molar-refractivity contribution >= 4 is 34.9 Å². The van der Waals surface area contributed by atoms with E-state index in [9.17, 15) is 14.7 Å². The topological polar surface area (TPSA) is 75.4 Å². The van der Waals surface area contributed by atoms with Crippen molar-refractivity contribution in [2.24, 2.45) is 0 Å². The minimum atomic E-state index is -0.930. The number of rotatable bonds is 3. The van der Waals surface area contributed by atoms with Gasteiger partial charge in [0.1, 0.15) is 11.1 Å². The second-order valence-electron chi connectivity index (χ2n) is 5.23. The lowest BCUT2D eigenvalue weighted by Gasteiger charge is -2.24. The Kier molecular flexibility index (Phi) is 4.28. The average Bonchev–Trinajstić information content (AvgIpc) is 3.00. The summed E-state index contributed by atoms with van der Waals surface area (Å²) in [6.07, 6.45) is 2.68. The molecule has 1 aromatic carbocycles. The third-order valence-electron chi connectivity index (χ3n) is 3.82. The highest BCUT2D eigenvalue weighted by Gasteiger charge is 2.32. The summed E-state index contributed by atoms with van der Waals surface area (Å²) in [5.74, 6) is -0.930. The van der Waals surface area contributed by atoms with Crippen molar-refractivity contribution in [3.63, 3.8) is 0 Å². The molecule has 1 fully saturated rings. The normalized spacial score (nSPS) is 17.5. The van der Waals surface area contributed by atoms with Crippen LogP contribution in [0, 0.1) is 0 Å². The van der Waals surface area contributed by atoms with Crippen LogP contribution in [0.4, 0.5) is 5.69 Å². The van der Waals surface area contributed by atoms with Gasteiger partial charge in [-0.25, -0.2) is 4.79 Å². The Balaban J connectivity index is 2.03. The van der Waals surface area contributed by atoms with Gasteiger partial charge in [0.2, 0.25) is 0 Å². The van der Waals surface area contributed by atoms with Crippen molar-refractivity contribution in [3.8, 4) is 5.69 Å². The number of halogens is 2. The molecule has 1 atom stereocenters. The van der Waals surface area contributed by atoms with Gasteiger partial charge in [0.25, 0.3) is 5.56 Å². The first kappa shape index (κ1) is 15.8. The zero-order chi connectivity index (χ0) is 16.6. The van der Waals surface area contributed by atoms with E-state index in [-0.39, 0.29) is 5.02 Å². The van der Waals surface area contributed by atoms with Crippen LogP contribution in [0.25, 0.3) is 5.69 Å². The highest BCUT2D eigenvalue weighted by molar-refractivity contribution is 6.33. The van der Waals surface area contributed by atoms with E-state index in [0.29, 0.717) is 29.4 Å². The van der Waals surface area contributed by atoms with Gasteiger partial charge in [0.15, 0.2) is 0 Å². The van der Waals surface area contributed by atoms with Gasteiger partial charge in [-0.3, -0.25) is 4.79 Å². The molecule has 3 rings (SSSR count). The smallest absolute Gasteiger partial charge is 0.326 e. The number of carboxylic acids is 1. The molecule has 120 valence electrons. The summed E-state index contributed by atoms with van der Waals surface area (Å²) >= 11 is 12.0. The number of anilines is 1. The second-order valence-corrected chi connectivity index (χ2v) is 6.04. The maximum Gasteiger partial charge on any atom is 0.326 e. The molecule has 0 amide bonds. The van der Waals surface area contributed by atoms with Crippen LogP contribution in [0.15, 0.2) is 35.3 Å². The van der Waals surface area contributed by atoms with Crippen LogP contribution in [0.2, 0.25) is 10.0 Å². The number of hydrogen-bond acceptors (Lipinski definition) is 4. The van der Waals surface area contributed by atoms with Crippen LogP contribution in [0.3, 0.4) is 0 Å². The van der Waals surface area contributed by atoms with Crippen molar-refractivity contribution in [1.29, 1.82) is 0 Å². The molecule has 0 radical (unpaired) electrons. The van der Waals surface area contributed by atoms with Gasteiger partial charge in [-0.05, 0) is 37.1 Å². The zero-order valence-electron chi connectivity index (χ0n) is 11.9. The summed E-state index contributed by atoms with van der Waals surface area (Å²) in [5, 5.41) is 13.9. The molecule has 1 saturated heterocycles. The molecule has 0 aliphatic carbocycles. The Morgan fingerprint density at radius 3 is 2.61 bits per heavy atom. The summed E-state index contributed by atoms with van der Waals surface area (Å²) in [6.45, 7) is 0.531. The Morgan fingerprint density at radius 1 is 1.26 bits per heavy atom. The van der Waals surface area contributed by atoms with Crippen LogP contribution < -0.4 is 10.5 Å². The first-order valence-electron chi connectivity index (χ1n) is 7.02. The van der Waals surface area contributed by atoms with Gasteiger partial charge in [-0.1, -0.05) is 23.2 Å². The van der Waals surface area contributed by atoms with Crippen molar-refractivity contribution in [2.45, 2.75) is 18.9 Å². The molecule has 6 nitrogen and oxygen atoms in total. The maximum absolute atomic E-state index is 12.5. The second kappa shape index (κ2) is 6.22. The molecule has 23 heavy (non-hydrogen) atoms. The van der Waals surface area contributed by atoms with Crippen LogP contribution >= 0.6 is 23.2 Å². The largest absolute Gasteiger partial charge is 0.480 e.